The predicted octanol–water partition coefficient (Wildman–Crippen LogP) is 10.5. The number of benzene rings is 6. The first-order valence-corrected chi connectivity index (χ1v) is 17.0. The van der Waals surface area contributed by atoms with Gasteiger partial charge in [0.25, 0.3) is 0 Å². The number of furan rings is 1. The molecule has 0 radical (unpaired) electrons. The summed E-state index contributed by atoms with van der Waals surface area (Å²) >= 11 is 0. The van der Waals surface area contributed by atoms with Crippen LogP contribution in [-0.4, -0.2) is 0 Å². The summed E-state index contributed by atoms with van der Waals surface area (Å²) in [6.45, 7) is 0. The van der Waals surface area contributed by atoms with Crippen LogP contribution in [0.25, 0.3) is 56.4 Å². The van der Waals surface area contributed by atoms with Gasteiger partial charge in [-0.25, -0.2) is 0 Å². The maximum absolute atomic E-state index is 6.53. The number of fused-ring (bicyclic) bond motifs is 6. The first-order chi connectivity index (χ1) is 23.8. The molecule has 1 heterocycles. The molecule has 0 N–H and O–H groups in total. The molecule has 2 heteroatoms. The van der Waals surface area contributed by atoms with Crippen LogP contribution in [-0.2, 0) is 0 Å². The van der Waals surface area contributed by atoms with Gasteiger partial charge in [0.05, 0.1) is 0 Å². The number of para-hydroxylation sites is 4. The molecule has 0 saturated carbocycles. The molecule has 2 nitrogen and oxygen atoms in total. The smallest absolute Gasteiger partial charge is 0.143 e. The molecule has 226 valence electrons. The van der Waals surface area contributed by atoms with Crippen LogP contribution >= 0.6 is 0 Å². The molecule has 3 unspecified atom stereocenters. The summed E-state index contributed by atoms with van der Waals surface area (Å²) in [5, 5.41) is 5.15. The van der Waals surface area contributed by atoms with Crippen LogP contribution in [0.3, 0.4) is 0 Å². The van der Waals surface area contributed by atoms with Crippen LogP contribution in [0.1, 0.15) is 29.0 Å². The van der Waals surface area contributed by atoms with Crippen molar-refractivity contribution in [1.82, 2.24) is 0 Å². The Morgan fingerprint density at radius 2 is 1.38 bits per heavy atom. The van der Waals surface area contributed by atoms with Crippen LogP contribution < -0.4 is 15.3 Å². The first kappa shape index (κ1) is 26.2. The zero-order valence-electron chi connectivity index (χ0n) is 26.3. The van der Waals surface area contributed by atoms with E-state index < -0.39 is 0 Å². The van der Waals surface area contributed by atoms with Gasteiger partial charge in [0.1, 0.15) is 11.2 Å². The van der Waals surface area contributed by atoms with Crippen molar-refractivity contribution in [1.29, 1.82) is 0 Å². The quantitative estimate of drug-likeness (QED) is 0.196. The van der Waals surface area contributed by atoms with E-state index in [9.17, 15) is 0 Å². The molecule has 4 aliphatic carbocycles. The summed E-state index contributed by atoms with van der Waals surface area (Å²) in [7, 11) is 0. The Morgan fingerprint density at radius 3 is 2.21 bits per heavy atom. The van der Waals surface area contributed by atoms with Crippen molar-refractivity contribution in [2.75, 3.05) is 4.90 Å². The van der Waals surface area contributed by atoms with E-state index in [2.05, 4.69) is 163 Å². The van der Waals surface area contributed by atoms with E-state index >= 15 is 0 Å². The number of hydrogen-bond donors (Lipinski definition) is 0. The molecule has 0 amide bonds. The third-order valence-corrected chi connectivity index (χ3v) is 11.1. The van der Waals surface area contributed by atoms with E-state index in [0.29, 0.717) is 17.8 Å². The highest BCUT2D eigenvalue weighted by Crippen LogP contribution is 2.57. The Balaban J connectivity index is 1.11. The summed E-state index contributed by atoms with van der Waals surface area (Å²) in [6, 6.07) is 48.3. The molecule has 7 aromatic rings. The minimum absolute atomic E-state index is 0.314. The van der Waals surface area contributed by atoms with Crippen LogP contribution in [0.5, 0.6) is 0 Å². The Hall–Kier alpha value is -5.86. The minimum atomic E-state index is 0.314. The molecular weight excluding hydrogens is 583 g/mol. The lowest BCUT2D eigenvalue weighted by atomic mass is 9.67. The van der Waals surface area contributed by atoms with E-state index in [-0.39, 0.29) is 0 Å². The Bertz CT molecular complexity index is 2620. The van der Waals surface area contributed by atoms with Crippen LogP contribution in [0.2, 0.25) is 0 Å². The first-order valence-electron chi connectivity index (χ1n) is 17.0. The average molecular weight is 614 g/mol. The third kappa shape index (κ3) is 3.58. The van der Waals surface area contributed by atoms with Crippen molar-refractivity contribution in [3.63, 3.8) is 0 Å². The van der Waals surface area contributed by atoms with Crippen molar-refractivity contribution in [3.05, 3.63) is 173 Å². The Labute approximate surface area is 278 Å². The molecule has 1 aromatic heterocycles. The van der Waals surface area contributed by atoms with Crippen LogP contribution in [0.4, 0.5) is 17.1 Å². The van der Waals surface area contributed by atoms with Crippen molar-refractivity contribution >= 4 is 62.3 Å². The van der Waals surface area contributed by atoms with E-state index in [0.717, 1.165) is 17.6 Å². The van der Waals surface area contributed by atoms with Crippen molar-refractivity contribution in [2.24, 2.45) is 11.8 Å². The lowest BCUT2D eigenvalue weighted by Crippen LogP contribution is -2.41. The van der Waals surface area contributed by atoms with Crippen LogP contribution in [0.15, 0.2) is 150 Å². The highest BCUT2D eigenvalue weighted by atomic mass is 16.3. The van der Waals surface area contributed by atoms with Gasteiger partial charge in [-0.1, -0.05) is 115 Å². The number of rotatable bonds is 4. The SMILES string of the molecule is C1=CC2CC=C3c4ccc(N(c5ccccc5)c5ccccc5)cc4C4C=c5ccc(-c6cccc7c6oc6ccccc67)c1c5=C2C34. The minimum Gasteiger partial charge on any atom is -0.455 e. The second kappa shape index (κ2) is 9.82. The highest BCUT2D eigenvalue weighted by molar-refractivity contribution is 6.10. The predicted molar refractivity (Wildman–Crippen MR) is 199 cm³/mol. The normalized spacial score (nSPS) is 19.5. The lowest BCUT2D eigenvalue weighted by molar-refractivity contribution is 0.669. The second-order valence-electron chi connectivity index (χ2n) is 13.5. The molecule has 0 aliphatic heterocycles. The third-order valence-electron chi connectivity index (χ3n) is 11.1. The molecule has 0 spiro atoms. The van der Waals surface area contributed by atoms with Crippen molar-refractivity contribution in [2.45, 2.75) is 12.3 Å². The number of anilines is 3. The largest absolute Gasteiger partial charge is 0.455 e. The Kier molecular flexibility index (Phi) is 5.37. The fraction of sp³-hybridized carbons (Fsp3) is 0.0870. The zero-order chi connectivity index (χ0) is 31.3. The fourth-order valence-corrected chi connectivity index (χ4v) is 9.16. The standard InChI is InChI=1S/C46H31NO/c1-3-10-30(11-4-1)47(31-12-5-2-6-13-31)32-21-25-34-37-24-19-28-18-23-36-33(22-20-29-26-41(40(34)27-32)45(37)44(28)43(29)36)38-15-9-16-39-35-14-7-8-17-42(35)48-46(38)39/h1-18,20-28,41,45H,19H2. The average Bonchev–Trinajstić information content (AvgIpc) is 3.69. The van der Waals surface area contributed by atoms with Gasteiger partial charge in [0, 0.05) is 51.2 Å². The molecule has 48 heavy (non-hydrogen) atoms. The summed E-state index contributed by atoms with van der Waals surface area (Å²) in [4.78, 5) is 2.38. The molecule has 0 bridgehead atoms. The van der Waals surface area contributed by atoms with E-state index in [1.807, 2.05) is 0 Å². The summed E-state index contributed by atoms with van der Waals surface area (Å²) in [5.41, 5.74) is 15.2. The molecule has 11 rings (SSSR count). The Morgan fingerprint density at radius 1 is 0.625 bits per heavy atom. The summed E-state index contributed by atoms with van der Waals surface area (Å²) in [6.07, 6.45) is 11.0. The van der Waals surface area contributed by atoms with Gasteiger partial charge in [-0.3, -0.25) is 0 Å². The molecule has 0 fully saturated rings. The van der Waals surface area contributed by atoms with Gasteiger partial charge in [-0.05, 0) is 92.7 Å². The van der Waals surface area contributed by atoms with Gasteiger partial charge in [-0.2, -0.15) is 0 Å². The van der Waals surface area contributed by atoms with E-state index in [4.69, 9.17) is 4.42 Å². The lowest BCUT2D eigenvalue weighted by Gasteiger charge is -2.36. The second-order valence-corrected chi connectivity index (χ2v) is 13.5. The highest BCUT2D eigenvalue weighted by Gasteiger charge is 2.44. The van der Waals surface area contributed by atoms with Gasteiger partial charge >= 0.3 is 0 Å². The fourth-order valence-electron chi connectivity index (χ4n) is 9.16. The van der Waals surface area contributed by atoms with Gasteiger partial charge in [0.2, 0.25) is 0 Å². The number of allylic oxidation sites excluding steroid dienone is 3. The van der Waals surface area contributed by atoms with Crippen molar-refractivity contribution in [3.8, 4) is 11.1 Å². The summed E-state index contributed by atoms with van der Waals surface area (Å²) < 4.78 is 6.53. The van der Waals surface area contributed by atoms with Crippen molar-refractivity contribution < 1.29 is 4.42 Å². The molecule has 0 saturated heterocycles. The van der Waals surface area contributed by atoms with E-state index in [1.165, 1.54) is 71.7 Å². The zero-order valence-corrected chi connectivity index (χ0v) is 26.3. The maximum Gasteiger partial charge on any atom is 0.143 e. The molecule has 4 aliphatic rings. The van der Waals surface area contributed by atoms with Crippen LogP contribution in [0, 0.1) is 11.8 Å². The van der Waals surface area contributed by atoms with Gasteiger partial charge < -0.3 is 9.32 Å². The topological polar surface area (TPSA) is 16.4 Å². The van der Waals surface area contributed by atoms with Gasteiger partial charge in [-0.15, -0.1) is 0 Å². The molecular formula is C46H31NO. The maximum atomic E-state index is 6.53. The monoisotopic (exact) mass is 613 g/mol. The number of hydrogen-bond acceptors (Lipinski definition) is 2. The number of nitrogens with zero attached hydrogens (tertiary/aromatic N) is 1. The van der Waals surface area contributed by atoms with E-state index in [1.54, 1.807) is 5.57 Å². The van der Waals surface area contributed by atoms with Gasteiger partial charge in [0.15, 0.2) is 0 Å². The molecule has 3 atom stereocenters. The molecule has 6 aromatic carbocycles. The summed E-state index contributed by atoms with van der Waals surface area (Å²) in [5.74, 6) is 1.11.